The largest absolute Gasteiger partial charge is 0.490 e. The second-order valence-corrected chi connectivity index (χ2v) is 4.56. The Morgan fingerprint density at radius 3 is 2.44 bits per heavy atom. The molecule has 2 rings (SSSR count). The molecule has 0 radical (unpaired) electrons. The molecular weight excluding hydrogens is 228 g/mol. The van der Waals surface area contributed by atoms with Gasteiger partial charge in [-0.1, -0.05) is 6.92 Å². The highest BCUT2D eigenvalue weighted by Gasteiger charge is 2.23. The standard InChI is InChI=1S/C15H20O3/c1-3-14(17-4-2)15(16)11-5-7-12(8-6-11)18-13-9-10-13/h5-8,13-14H,3-4,9-10H2,1-2H3. The fourth-order valence-corrected chi connectivity index (χ4v) is 1.84. The summed E-state index contributed by atoms with van der Waals surface area (Å²) in [6.07, 6.45) is 3.04. The van der Waals surface area contributed by atoms with Gasteiger partial charge < -0.3 is 9.47 Å². The van der Waals surface area contributed by atoms with Crippen molar-refractivity contribution in [2.75, 3.05) is 6.61 Å². The van der Waals surface area contributed by atoms with Crippen molar-refractivity contribution in [3.05, 3.63) is 29.8 Å². The van der Waals surface area contributed by atoms with Crippen molar-refractivity contribution in [3.8, 4) is 5.75 Å². The summed E-state index contributed by atoms with van der Waals surface area (Å²) < 4.78 is 11.1. The van der Waals surface area contributed by atoms with Crippen molar-refractivity contribution in [1.82, 2.24) is 0 Å². The van der Waals surface area contributed by atoms with Crippen LogP contribution in [0.4, 0.5) is 0 Å². The van der Waals surface area contributed by atoms with Gasteiger partial charge in [-0.05, 0) is 50.5 Å². The van der Waals surface area contributed by atoms with E-state index in [0.717, 1.165) is 18.6 Å². The first-order valence-electron chi connectivity index (χ1n) is 6.67. The maximum absolute atomic E-state index is 12.1. The summed E-state index contributed by atoms with van der Waals surface area (Å²) >= 11 is 0. The van der Waals surface area contributed by atoms with Crippen molar-refractivity contribution < 1.29 is 14.3 Å². The highest BCUT2D eigenvalue weighted by molar-refractivity contribution is 5.99. The summed E-state index contributed by atoms with van der Waals surface area (Å²) in [6.45, 7) is 4.43. The van der Waals surface area contributed by atoms with Gasteiger partial charge in [0.25, 0.3) is 0 Å². The van der Waals surface area contributed by atoms with Crippen LogP contribution in [0.15, 0.2) is 24.3 Å². The Bertz CT molecular complexity index is 393. The van der Waals surface area contributed by atoms with Crippen LogP contribution in [0.5, 0.6) is 5.75 Å². The molecule has 3 nitrogen and oxygen atoms in total. The lowest BCUT2D eigenvalue weighted by atomic mass is 10.0. The van der Waals surface area contributed by atoms with Crippen molar-refractivity contribution in [3.63, 3.8) is 0 Å². The minimum Gasteiger partial charge on any atom is -0.490 e. The minimum atomic E-state index is -0.329. The van der Waals surface area contributed by atoms with E-state index in [9.17, 15) is 4.79 Å². The number of hydrogen-bond donors (Lipinski definition) is 0. The summed E-state index contributed by atoms with van der Waals surface area (Å²) in [5, 5.41) is 0. The first-order valence-corrected chi connectivity index (χ1v) is 6.67. The molecule has 0 bridgehead atoms. The van der Waals surface area contributed by atoms with E-state index in [0.29, 0.717) is 24.7 Å². The van der Waals surface area contributed by atoms with E-state index in [2.05, 4.69) is 0 Å². The number of ketones is 1. The molecule has 0 aromatic heterocycles. The van der Waals surface area contributed by atoms with Crippen LogP contribution in [0.25, 0.3) is 0 Å². The zero-order valence-electron chi connectivity index (χ0n) is 11.0. The van der Waals surface area contributed by atoms with Crippen LogP contribution in [0.1, 0.15) is 43.5 Å². The maximum atomic E-state index is 12.1. The van der Waals surface area contributed by atoms with Crippen molar-refractivity contribution in [2.45, 2.75) is 45.3 Å². The minimum absolute atomic E-state index is 0.0531. The molecule has 1 aliphatic rings. The Hall–Kier alpha value is -1.35. The molecule has 0 heterocycles. The zero-order valence-corrected chi connectivity index (χ0v) is 11.0. The molecule has 0 amide bonds. The van der Waals surface area contributed by atoms with Crippen LogP contribution in [-0.2, 0) is 4.74 Å². The third-order valence-electron chi connectivity index (χ3n) is 3.00. The van der Waals surface area contributed by atoms with Crippen LogP contribution in [-0.4, -0.2) is 24.6 Å². The molecular formula is C15H20O3. The molecule has 0 N–H and O–H groups in total. The van der Waals surface area contributed by atoms with Crippen molar-refractivity contribution in [2.24, 2.45) is 0 Å². The molecule has 1 unspecified atom stereocenters. The molecule has 0 saturated heterocycles. The summed E-state index contributed by atoms with van der Waals surface area (Å²) in [7, 11) is 0. The van der Waals surface area contributed by atoms with Crippen LogP contribution in [0, 0.1) is 0 Å². The molecule has 1 saturated carbocycles. The number of hydrogen-bond acceptors (Lipinski definition) is 3. The van der Waals surface area contributed by atoms with Crippen LogP contribution < -0.4 is 4.74 Å². The summed E-state index contributed by atoms with van der Waals surface area (Å²) in [5.74, 6) is 0.899. The van der Waals surface area contributed by atoms with E-state index >= 15 is 0 Å². The molecule has 3 heteroatoms. The second-order valence-electron chi connectivity index (χ2n) is 4.56. The van der Waals surface area contributed by atoms with E-state index in [1.165, 1.54) is 0 Å². The SMILES string of the molecule is CCOC(CC)C(=O)c1ccc(OC2CC2)cc1. The fraction of sp³-hybridized carbons (Fsp3) is 0.533. The molecule has 98 valence electrons. The van der Waals surface area contributed by atoms with Gasteiger partial charge in [0.2, 0.25) is 0 Å². The lowest BCUT2D eigenvalue weighted by Gasteiger charge is -2.14. The molecule has 18 heavy (non-hydrogen) atoms. The van der Waals surface area contributed by atoms with E-state index in [1.807, 2.05) is 38.1 Å². The summed E-state index contributed by atoms with van der Waals surface area (Å²) in [6, 6.07) is 7.37. The Labute approximate surface area is 108 Å². The molecule has 1 aromatic carbocycles. The molecule has 0 aliphatic heterocycles. The lowest BCUT2D eigenvalue weighted by molar-refractivity contribution is 0.0444. The lowest BCUT2D eigenvalue weighted by Crippen LogP contribution is -2.23. The fourth-order valence-electron chi connectivity index (χ4n) is 1.84. The van der Waals surface area contributed by atoms with Gasteiger partial charge in [-0.25, -0.2) is 0 Å². The summed E-state index contributed by atoms with van der Waals surface area (Å²) in [4.78, 5) is 12.1. The average Bonchev–Trinajstić information content (AvgIpc) is 3.20. The first-order chi connectivity index (χ1) is 8.74. The third-order valence-corrected chi connectivity index (χ3v) is 3.00. The number of rotatable bonds is 7. The molecule has 1 atom stereocenters. The predicted molar refractivity (Wildman–Crippen MR) is 70.1 cm³/mol. The van der Waals surface area contributed by atoms with Crippen LogP contribution in [0.2, 0.25) is 0 Å². The van der Waals surface area contributed by atoms with Crippen molar-refractivity contribution in [1.29, 1.82) is 0 Å². The van der Waals surface area contributed by atoms with Gasteiger partial charge in [-0.15, -0.1) is 0 Å². The van der Waals surface area contributed by atoms with Gasteiger partial charge in [0.1, 0.15) is 11.9 Å². The molecule has 1 aliphatic carbocycles. The highest BCUT2D eigenvalue weighted by atomic mass is 16.5. The number of ether oxygens (including phenoxy) is 2. The Balaban J connectivity index is 2.00. The highest BCUT2D eigenvalue weighted by Crippen LogP contribution is 2.27. The van der Waals surface area contributed by atoms with Gasteiger partial charge in [-0.2, -0.15) is 0 Å². The predicted octanol–water partition coefficient (Wildman–Crippen LogP) is 3.23. The quantitative estimate of drug-likeness (QED) is 0.695. The van der Waals surface area contributed by atoms with E-state index in [1.54, 1.807) is 0 Å². The van der Waals surface area contributed by atoms with Gasteiger partial charge in [0, 0.05) is 12.2 Å². The summed E-state index contributed by atoms with van der Waals surface area (Å²) in [5.41, 5.74) is 0.693. The Morgan fingerprint density at radius 2 is 1.94 bits per heavy atom. The molecule has 1 fully saturated rings. The van der Waals surface area contributed by atoms with Gasteiger partial charge in [-0.3, -0.25) is 4.79 Å². The van der Waals surface area contributed by atoms with Crippen molar-refractivity contribution >= 4 is 5.78 Å². The monoisotopic (exact) mass is 248 g/mol. The smallest absolute Gasteiger partial charge is 0.191 e. The van der Waals surface area contributed by atoms with E-state index in [-0.39, 0.29) is 11.9 Å². The molecule has 1 aromatic rings. The van der Waals surface area contributed by atoms with Gasteiger partial charge in [0.05, 0.1) is 6.10 Å². The zero-order chi connectivity index (χ0) is 13.0. The molecule has 0 spiro atoms. The first kappa shape index (κ1) is 13.1. The number of carbonyl (C=O) groups excluding carboxylic acids is 1. The number of carbonyl (C=O) groups is 1. The third kappa shape index (κ3) is 3.33. The maximum Gasteiger partial charge on any atom is 0.191 e. The van der Waals surface area contributed by atoms with Crippen LogP contribution in [0.3, 0.4) is 0 Å². The number of benzene rings is 1. The van der Waals surface area contributed by atoms with Gasteiger partial charge >= 0.3 is 0 Å². The van der Waals surface area contributed by atoms with Gasteiger partial charge in [0.15, 0.2) is 5.78 Å². The average molecular weight is 248 g/mol. The van der Waals surface area contributed by atoms with Crippen LogP contribution >= 0.6 is 0 Å². The Kier molecular flexibility index (Phi) is 4.37. The topological polar surface area (TPSA) is 35.5 Å². The normalized spacial score (nSPS) is 16.3. The van der Waals surface area contributed by atoms with E-state index in [4.69, 9.17) is 9.47 Å². The number of Topliss-reactive ketones (excluding diaryl/α,β-unsaturated/α-hetero) is 1. The second kappa shape index (κ2) is 6.01. The van der Waals surface area contributed by atoms with E-state index < -0.39 is 0 Å². The Morgan fingerprint density at radius 1 is 1.28 bits per heavy atom.